The first kappa shape index (κ1) is 7.98. The van der Waals surface area contributed by atoms with Crippen LogP contribution in [0.1, 0.15) is 13.8 Å². The lowest BCUT2D eigenvalue weighted by molar-refractivity contribution is -0.123. The molecule has 11 heavy (non-hydrogen) atoms. The van der Waals surface area contributed by atoms with Crippen molar-refractivity contribution in [3.63, 3.8) is 0 Å². The number of rotatable bonds is 1. The highest BCUT2D eigenvalue weighted by atomic mass is 16.2. The lowest BCUT2D eigenvalue weighted by Crippen LogP contribution is -2.33. The first-order valence-corrected chi connectivity index (χ1v) is 3.70. The van der Waals surface area contributed by atoms with E-state index >= 15 is 0 Å². The van der Waals surface area contributed by atoms with E-state index in [1.807, 2.05) is 13.8 Å². The lowest BCUT2D eigenvalue weighted by Gasteiger charge is -2.18. The van der Waals surface area contributed by atoms with Crippen molar-refractivity contribution >= 4 is 12.2 Å². The molecule has 3 heteroatoms. The fourth-order valence-electron chi connectivity index (χ4n) is 0.880. The monoisotopic (exact) mass is 152 g/mol. The summed E-state index contributed by atoms with van der Waals surface area (Å²) >= 11 is 0. The van der Waals surface area contributed by atoms with Crippen LogP contribution in [0.25, 0.3) is 0 Å². The summed E-state index contributed by atoms with van der Waals surface area (Å²) in [6, 6.07) is 0.189. The van der Waals surface area contributed by atoms with Crippen LogP contribution in [-0.2, 0) is 4.79 Å². The Labute approximate surface area is 66.4 Å². The highest BCUT2D eigenvalue weighted by molar-refractivity contribution is 5.96. The zero-order valence-corrected chi connectivity index (χ0v) is 6.82. The molecule has 0 unspecified atom stereocenters. The van der Waals surface area contributed by atoms with Crippen molar-refractivity contribution in [2.75, 3.05) is 6.54 Å². The molecule has 0 saturated carbocycles. The Hall–Kier alpha value is -1.12. The molecule has 0 bridgehead atoms. The van der Waals surface area contributed by atoms with E-state index in [2.05, 4.69) is 4.99 Å². The fraction of sp³-hybridized carbons (Fsp3) is 0.500. The van der Waals surface area contributed by atoms with Crippen LogP contribution in [0.15, 0.2) is 17.1 Å². The van der Waals surface area contributed by atoms with E-state index in [0.717, 1.165) is 0 Å². The van der Waals surface area contributed by atoms with Gasteiger partial charge in [0.05, 0.1) is 12.9 Å². The Bertz CT molecular complexity index is 206. The van der Waals surface area contributed by atoms with Gasteiger partial charge in [-0.05, 0) is 13.8 Å². The summed E-state index contributed by atoms with van der Waals surface area (Å²) in [4.78, 5) is 16.8. The van der Waals surface area contributed by atoms with Gasteiger partial charge in [-0.1, -0.05) is 6.08 Å². The second-order valence-electron chi connectivity index (χ2n) is 2.72. The van der Waals surface area contributed by atoms with Crippen LogP contribution < -0.4 is 0 Å². The summed E-state index contributed by atoms with van der Waals surface area (Å²) in [6.45, 7) is 4.53. The quantitative estimate of drug-likeness (QED) is 0.547. The van der Waals surface area contributed by atoms with Crippen molar-refractivity contribution in [3.05, 3.63) is 12.2 Å². The first-order chi connectivity index (χ1) is 5.22. The van der Waals surface area contributed by atoms with Gasteiger partial charge < -0.3 is 0 Å². The van der Waals surface area contributed by atoms with Gasteiger partial charge in [0.1, 0.15) is 0 Å². The number of hydrogen-bond donors (Lipinski definition) is 0. The SMILES string of the molecule is CC(C)N1C=NCC=CC1=O. The summed E-state index contributed by atoms with van der Waals surface area (Å²) in [5.74, 6) is 0.0150. The van der Waals surface area contributed by atoms with Gasteiger partial charge in [-0.2, -0.15) is 0 Å². The number of hydrogen-bond acceptors (Lipinski definition) is 2. The number of aliphatic imine (C=N–C) groups is 1. The van der Waals surface area contributed by atoms with Gasteiger partial charge in [-0.25, -0.2) is 0 Å². The molecule has 1 amide bonds. The van der Waals surface area contributed by atoms with Crippen molar-refractivity contribution in [2.24, 2.45) is 4.99 Å². The van der Waals surface area contributed by atoms with Crippen LogP contribution in [0, 0.1) is 0 Å². The molecule has 3 nitrogen and oxygen atoms in total. The molecule has 0 radical (unpaired) electrons. The van der Waals surface area contributed by atoms with Crippen LogP contribution in [0.2, 0.25) is 0 Å². The fourth-order valence-corrected chi connectivity index (χ4v) is 0.880. The largest absolute Gasteiger partial charge is 0.297 e. The highest BCUT2D eigenvalue weighted by Crippen LogP contribution is 1.99. The van der Waals surface area contributed by atoms with E-state index in [0.29, 0.717) is 6.54 Å². The van der Waals surface area contributed by atoms with Crippen LogP contribution in [-0.4, -0.2) is 29.7 Å². The van der Waals surface area contributed by atoms with Crippen LogP contribution >= 0.6 is 0 Å². The van der Waals surface area contributed by atoms with E-state index in [4.69, 9.17) is 0 Å². The van der Waals surface area contributed by atoms with Crippen molar-refractivity contribution in [2.45, 2.75) is 19.9 Å². The minimum absolute atomic E-state index is 0.0150. The lowest BCUT2D eigenvalue weighted by atomic mass is 10.3. The molecule has 1 aliphatic rings. The summed E-state index contributed by atoms with van der Waals surface area (Å²) in [5, 5.41) is 0. The number of nitrogens with zero attached hydrogens (tertiary/aromatic N) is 2. The molecule has 0 saturated heterocycles. The van der Waals surface area contributed by atoms with Crippen LogP contribution in [0.4, 0.5) is 0 Å². The zero-order valence-electron chi connectivity index (χ0n) is 6.82. The highest BCUT2D eigenvalue weighted by Gasteiger charge is 2.12. The van der Waals surface area contributed by atoms with Crippen molar-refractivity contribution in [1.82, 2.24) is 4.90 Å². The number of amides is 1. The minimum Gasteiger partial charge on any atom is -0.297 e. The molecule has 0 aromatic rings. The van der Waals surface area contributed by atoms with Gasteiger partial charge in [-0.3, -0.25) is 14.7 Å². The van der Waals surface area contributed by atoms with Crippen molar-refractivity contribution < 1.29 is 4.79 Å². The molecule has 0 N–H and O–H groups in total. The third kappa shape index (κ3) is 1.90. The smallest absolute Gasteiger partial charge is 0.251 e. The maximum atomic E-state index is 11.2. The second-order valence-corrected chi connectivity index (χ2v) is 2.72. The Kier molecular flexibility index (Phi) is 2.41. The molecule has 0 atom stereocenters. The predicted octanol–water partition coefficient (Wildman–Crippen LogP) is 0.821. The Morgan fingerprint density at radius 1 is 1.64 bits per heavy atom. The predicted molar refractivity (Wildman–Crippen MR) is 44.5 cm³/mol. The van der Waals surface area contributed by atoms with Gasteiger partial charge >= 0.3 is 0 Å². The van der Waals surface area contributed by atoms with Crippen molar-refractivity contribution in [1.29, 1.82) is 0 Å². The maximum Gasteiger partial charge on any atom is 0.251 e. The molecule has 0 aromatic carbocycles. The molecule has 0 aromatic heterocycles. The molecule has 0 aliphatic carbocycles. The normalized spacial score (nSPS) is 17.7. The molecule has 60 valence electrons. The molecular formula is C8H12N2O. The third-order valence-corrected chi connectivity index (χ3v) is 1.49. The minimum atomic E-state index is 0.0150. The molecule has 0 spiro atoms. The van der Waals surface area contributed by atoms with Crippen LogP contribution in [0.3, 0.4) is 0 Å². The van der Waals surface area contributed by atoms with E-state index in [9.17, 15) is 4.79 Å². The van der Waals surface area contributed by atoms with Gasteiger partial charge in [-0.15, -0.1) is 0 Å². The van der Waals surface area contributed by atoms with E-state index in [1.165, 1.54) is 0 Å². The Morgan fingerprint density at radius 3 is 3.00 bits per heavy atom. The van der Waals surface area contributed by atoms with Gasteiger partial charge in [0, 0.05) is 12.1 Å². The molecule has 1 heterocycles. The van der Waals surface area contributed by atoms with Gasteiger partial charge in [0.2, 0.25) is 0 Å². The zero-order chi connectivity index (χ0) is 8.27. The molecule has 1 rings (SSSR count). The van der Waals surface area contributed by atoms with E-state index < -0.39 is 0 Å². The first-order valence-electron chi connectivity index (χ1n) is 3.70. The third-order valence-electron chi connectivity index (χ3n) is 1.49. The summed E-state index contributed by atoms with van der Waals surface area (Å²) in [5.41, 5.74) is 0. The van der Waals surface area contributed by atoms with Crippen LogP contribution in [0.5, 0.6) is 0 Å². The van der Waals surface area contributed by atoms with E-state index in [1.54, 1.807) is 23.4 Å². The average Bonchev–Trinajstić information content (AvgIpc) is 2.13. The standard InChI is InChI=1S/C8H12N2O/c1-7(2)10-6-9-5-3-4-8(10)11/h3-4,6-7H,5H2,1-2H3. The van der Waals surface area contributed by atoms with Crippen molar-refractivity contribution in [3.8, 4) is 0 Å². The number of carbonyl (C=O) groups excluding carboxylic acids is 1. The molecule has 1 aliphatic heterocycles. The summed E-state index contributed by atoms with van der Waals surface area (Å²) in [6.07, 6.45) is 4.93. The number of carbonyl (C=O) groups is 1. The van der Waals surface area contributed by atoms with E-state index in [-0.39, 0.29) is 11.9 Å². The Balaban J connectivity index is 2.76. The topological polar surface area (TPSA) is 32.7 Å². The summed E-state index contributed by atoms with van der Waals surface area (Å²) in [7, 11) is 0. The Morgan fingerprint density at radius 2 is 2.36 bits per heavy atom. The van der Waals surface area contributed by atoms with Gasteiger partial charge in [0.15, 0.2) is 0 Å². The van der Waals surface area contributed by atoms with Gasteiger partial charge in [0.25, 0.3) is 5.91 Å². The molecule has 0 fully saturated rings. The average molecular weight is 152 g/mol. The summed E-state index contributed by atoms with van der Waals surface area (Å²) < 4.78 is 0. The second kappa shape index (κ2) is 3.32. The maximum absolute atomic E-state index is 11.2. The molecular weight excluding hydrogens is 140 g/mol.